The molecule has 1 aliphatic heterocycles. The number of aromatic nitrogens is 2. The molecule has 5 rings (SSSR count). The molecule has 2 amide bonds. The number of fused-ring (bicyclic) bond motifs is 2. The average Bonchev–Trinajstić information content (AvgIpc) is 3.67. The number of carbonyl (C=O) groups is 2. The molecule has 0 radical (unpaired) electrons. The summed E-state index contributed by atoms with van der Waals surface area (Å²) in [5.74, 6) is -0.529. The Kier molecular flexibility index (Phi) is 8.98. The predicted octanol–water partition coefficient (Wildman–Crippen LogP) is 2.91. The average molecular weight is 612 g/mol. The lowest BCUT2D eigenvalue weighted by Gasteiger charge is -2.37. The van der Waals surface area contributed by atoms with Crippen LogP contribution in [-0.2, 0) is 23.1 Å². The van der Waals surface area contributed by atoms with Crippen LogP contribution < -0.4 is 11.1 Å². The van der Waals surface area contributed by atoms with Crippen LogP contribution in [0.3, 0.4) is 0 Å². The highest BCUT2D eigenvalue weighted by Gasteiger charge is 2.45. The van der Waals surface area contributed by atoms with E-state index in [9.17, 15) is 19.6 Å². The second kappa shape index (κ2) is 12.7. The highest BCUT2D eigenvalue weighted by molar-refractivity contribution is 5.94. The van der Waals surface area contributed by atoms with E-state index in [2.05, 4.69) is 40.2 Å². The molecule has 11 heteroatoms. The van der Waals surface area contributed by atoms with Crippen molar-refractivity contribution >= 4 is 17.5 Å². The van der Waals surface area contributed by atoms with E-state index in [1.54, 1.807) is 23.9 Å². The second-order valence-electron chi connectivity index (χ2n) is 12.5. The van der Waals surface area contributed by atoms with E-state index in [-0.39, 0.29) is 24.4 Å². The Morgan fingerprint density at radius 3 is 2.36 bits per heavy atom. The van der Waals surface area contributed by atoms with Gasteiger partial charge in [0.2, 0.25) is 5.91 Å². The van der Waals surface area contributed by atoms with Crippen LogP contribution in [0.4, 0.5) is 0 Å². The van der Waals surface area contributed by atoms with Gasteiger partial charge in [-0.1, -0.05) is 29.9 Å². The molecule has 1 aliphatic carbocycles. The summed E-state index contributed by atoms with van der Waals surface area (Å²) in [4.78, 5) is 46.6. The first-order valence-electron chi connectivity index (χ1n) is 15.3. The van der Waals surface area contributed by atoms with Crippen molar-refractivity contribution in [3.63, 3.8) is 0 Å². The summed E-state index contributed by atoms with van der Waals surface area (Å²) in [5.41, 5.74) is 5.32. The SMILES string of the molecule is C=C(c1ccc2c(c1)CCc1cc(C(=O)N(C)C)ccc1C2(C[C@H](C)NCC(=O)N1CCCC1C#N)c1noc(=O)[nH]1)N(C)C. The Labute approximate surface area is 263 Å². The molecule has 3 atom stereocenters. The molecule has 1 aromatic heterocycles. The van der Waals surface area contributed by atoms with Crippen LogP contribution in [0.1, 0.15) is 70.2 Å². The molecule has 2 aromatic carbocycles. The molecular weight excluding hydrogens is 570 g/mol. The van der Waals surface area contributed by atoms with Crippen molar-refractivity contribution in [2.45, 2.75) is 56.5 Å². The lowest BCUT2D eigenvalue weighted by Crippen LogP contribution is -2.45. The number of aryl methyl sites for hydroxylation is 2. The summed E-state index contributed by atoms with van der Waals surface area (Å²) in [6, 6.07) is 13.5. The minimum atomic E-state index is -0.983. The van der Waals surface area contributed by atoms with Crippen molar-refractivity contribution in [1.82, 2.24) is 30.2 Å². The van der Waals surface area contributed by atoms with Crippen LogP contribution in [0.2, 0.25) is 0 Å². The molecule has 3 aromatic rings. The first-order chi connectivity index (χ1) is 21.5. The number of benzene rings is 2. The largest absolute Gasteiger partial charge is 0.438 e. The molecule has 236 valence electrons. The van der Waals surface area contributed by atoms with Gasteiger partial charge in [0.25, 0.3) is 5.91 Å². The number of aromatic amines is 1. The van der Waals surface area contributed by atoms with Crippen LogP contribution in [0.15, 0.2) is 52.3 Å². The highest BCUT2D eigenvalue weighted by atomic mass is 16.5. The molecule has 2 unspecified atom stereocenters. The van der Waals surface area contributed by atoms with Gasteiger partial charge in [0.1, 0.15) is 6.04 Å². The maximum Gasteiger partial charge on any atom is 0.438 e. The third kappa shape index (κ3) is 6.02. The van der Waals surface area contributed by atoms with Gasteiger partial charge >= 0.3 is 5.76 Å². The molecule has 45 heavy (non-hydrogen) atoms. The lowest BCUT2D eigenvalue weighted by atomic mass is 9.67. The van der Waals surface area contributed by atoms with Crippen molar-refractivity contribution in [3.8, 4) is 6.07 Å². The highest BCUT2D eigenvalue weighted by Crippen LogP contribution is 2.47. The normalized spacial score (nSPS) is 19.6. The van der Waals surface area contributed by atoms with Crippen molar-refractivity contribution in [2.24, 2.45) is 0 Å². The molecule has 2 heterocycles. The third-order valence-corrected chi connectivity index (χ3v) is 9.10. The number of nitrogens with zero attached hydrogens (tertiary/aromatic N) is 5. The van der Waals surface area contributed by atoms with Crippen molar-refractivity contribution in [3.05, 3.63) is 92.7 Å². The zero-order chi connectivity index (χ0) is 32.5. The maximum absolute atomic E-state index is 13.1. The fraction of sp³-hybridized carbons (Fsp3) is 0.441. The Hall–Kier alpha value is -4.69. The van der Waals surface area contributed by atoms with E-state index >= 15 is 0 Å². The summed E-state index contributed by atoms with van der Waals surface area (Å²) in [5, 5.41) is 17.1. The number of hydrogen-bond acceptors (Lipinski definition) is 8. The number of likely N-dealkylation sites (tertiary alicyclic amines) is 1. The molecular formula is C34H41N7O4. The zero-order valence-electron chi connectivity index (χ0n) is 26.6. The van der Waals surface area contributed by atoms with Gasteiger partial charge in [0, 0.05) is 52.0 Å². The standard InChI is InChI=1S/C34H41N7O4/c1-21(36-20-30(42)41-15-7-8-27(41)19-35)18-34(32-37-33(44)45-38-32)28-13-11-23(22(2)39(3)4)16-24(28)9-10-25-17-26(12-14-29(25)34)31(43)40(5)6/h11-14,16-17,21,27,36H,2,7-10,15,18,20H2,1,3-6H3,(H,37,38,44)/t21-,27?,34?/m0/s1. The topological polar surface area (TPSA) is 139 Å². The quantitative estimate of drug-likeness (QED) is 0.377. The number of hydrogen-bond donors (Lipinski definition) is 2. The van der Waals surface area contributed by atoms with Crippen LogP contribution in [0.5, 0.6) is 0 Å². The molecule has 11 nitrogen and oxygen atoms in total. The smallest absolute Gasteiger partial charge is 0.378 e. The summed E-state index contributed by atoms with van der Waals surface area (Å²) in [6.07, 6.45) is 3.26. The molecule has 0 bridgehead atoms. The van der Waals surface area contributed by atoms with E-state index in [0.717, 1.165) is 39.9 Å². The van der Waals surface area contributed by atoms with E-state index in [1.165, 1.54) is 0 Å². The van der Waals surface area contributed by atoms with E-state index < -0.39 is 17.2 Å². The number of amides is 2. The van der Waals surface area contributed by atoms with Gasteiger partial charge in [-0.15, -0.1) is 0 Å². The van der Waals surface area contributed by atoms with E-state index in [1.807, 2.05) is 50.2 Å². The fourth-order valence-corrected chi connectivity index (χ4v) is 6.76. The second-order valence-corrected chi connectivity index (χ2v) is 12.5. The molecule has 1 fully saturated rings. The monoisotopic (exact) mass is 611 g/mol. The van der Waals surface area contributed by atoms with Crippen LogP contribution >= 0.6 is 0 Å². The molecule has 2 aliphatic rings. The number of nitriles is 1. The summed E-state index contributed by atoms with van der Waals surface area (Å²) in [7, 11) is 7.35. The molecule has 2 N–H and O–H groups in total. The first kappa shape index (κ1) is 31.7. The Morgan fingerprint density at radius 1 is 1.13 bits per heavy atom. The Balaban J connectivity index is 1.63. The number of rotatable bonds is 9. The van der Waals surface area contributed by atoms with Crippen LogP contribution in [-0.4, -0.2) is 90.0 Å². The lowest BCUT2D eigenvalue weighted by molar-refractivity contribution is -0.130. The van der Waals surface area contributed by atoms with Gasteiger partial charge in [-0.2, -0.15) is 5.26 Å². The molecule has 0 saturated carbocycles. The van der Waals surface area contributed by atoms with Gasteiger partial charge in [-0.3, -0.25) is 19.1 Å². The van der Waals surface area contributed by atoms with Gasteiger partial charge in [-0.05, 0) is 85.0 Å². The van der Waals surface area contributed by atoms with E-state index in [0.29, 0.717) is 43.6 Å². The maximum atomic E-state index is 13.1. The van der Waals surface area contributed by atoms with E-state index in [4.69, 9.17) is 4.52 Å². The number of nitrogens with one attached hydrogen (secondary N) is 2. The molecule has 1 saturated heterocycles. The van der Waals surface area contributed by atoms with Crippen molar-refractivity contribution < 1.29 is 14.1 Å². The first-order valence-corrected chi connectivity index (χ1v) is 15.3. The van der Waals surface area contributed by atoms with Crippen molar-refractivity contribution in [1.29, 1.82) is 5.26 Å². The number of carbonyl (C=O) groups excluding carboxylic acids is 2. The Bertz CT molecular complexity index is 1640. The van der Waals surface area contributed by atoms with Crippen LogP contribution in [0, 0.1) is 11.3 Å². The number of H-pyrrole nitrogens is 1. The van der Waals surface area contributed by atoms with Gasteiger partial charge in [0.15, 0.2) is 5.82 Å². The fourth-order valence-electron chi connectivity index (χ4n) is 6.76. The van der Waals surface area contributed by atoms with Gasteiger partial charge < -0.3 is 20.0 Å². The predicted molar refractivity (Wildman–Crippen MR) is 170 cm³/mol. The summed E-state index contributed by atoms with van der Waals surface area (Å²) < 4.78 is 5.12. The Morgan fingerprint density at radius 2 is 1.78 bits per heavy atom. The third-order valence-electron chi connectivity index (χ3n) is 9.10. The van der Waals surface area contributed by atoms with Crippen molar-refractivity contribution in [2.75, 3.05) is 41.3 Å². The minimum Gasteiger partial charge on any atom is -0.378 e. The van der Waals surface area contributed by atoms with Crippen LogP contribution in [0.25, 0.3) is 5.70 Å². The molecule has 0 spiro atoms. The summed E-state index contributed by atoms with van der Waals surface area (Å²) in [6.45, 7) is 6.90. The van der Waals surface area contributed by atoms with Gasteiger partial charge in [-0.25, -0.2) is 4.79 Å². The minimum absolute atomic E-state index is 0.0718. The summed E-state index contributed by atoms with van der Waals surface area (Å²) >= 11 is 0. The zero-order valence-corrected chi connectivity index (χ0v) is 26.6. The van der Waals surface area contributed by atoms with Gasteiger partial charge in [0.05, 0.1) is 18.0 Å².